The fraction of sp³-hybridized carbons (Fsp3) is 0.400. The van der Waals surface area contributed by atoms with Gasteiger partial charge in [-0.2, -0.15) is 0 Å². The van der Waals surface area contributed by atoms with Crippen LogP contribution < -0.4 is 0 Å². The van der Waals surface area contributed by atoms with Crippen molar-refractivity contribution in [3.8, 4) is 0 Å². The van der Waals surface area contributed by atoms with Crippen molar-refractivity contribution in [2.45, 2.75) is 51.4 Å². The van der Waals surface area contributed by atoms with Gasteiger partial charge in [0.05, 0.1) is 5.41 Å². The molecule has 3 aromatic rings. The Morgan fingerprint density at radius 3 is 2.43 bits per heavy atom. The molecule has 3 nitrogen and oxygen atoms in total. The number of pyridine rings is 1. The fourth-order valence-electron chi connectivity index (χ4n) is 3.54. The van der Waals surface area contributed by atoms with E-state index in [2.05, 4.69) is 78.0 Å². The van der Waals surface area contributed by atoms with Crippen molar-refractivity contribution in [3.05, 3.63) is 65.1 Å². The highest BCUT2D eigenvalue weighted by molar-refractivity contribution is 5.52. The molecular formula is C20H23N3. The largest absolute Gasteiger partial charge is 0.285 e. The van der Waals surface area contributed by atoms with Gasteiger partial charge in [0.15, 0.2) is 5.65 Å². The lowest BCUT2D eigenvalue weighted by Gasteiger charge is -2.15. The molecule has 2 heterocycles. The van der Waals surface area contributed by atoms with Crippen molar-refractivity contribution < 1.29 is 0 Å². The molecule has 3 heteroatoms. The van der Waals surface area contributed by atoms with E-state index in [-0.39, 0.29) is 5.41 Å². The smallest absolute Gasteiger partial charge is 0.164 e. The molecule has 1 aliphatic rings. The van der Waals surface area contributed by atoms with Gasteiger partial charge in [-0.05, 0) is 47.9 Å². The van der Waals surface area contributed by atoms with Crippen molar-refractivity contribution in [2.75, 3.05) is 0 Å². The quantitative estimate of drug-likeness (QED) is 0.710. The third-order valence-electron chi connectivity index (χ3n) is 5.18. The lowest BCUT2D eigenvalue weighted by molar-refractivity contribution is 0.738. The highest BCUT2D eigenvalue weighted by atomic mass is 15.3. The van der Waals surface area contributed by atoms with Crippen LogP contribution in [0.2, 0.25) is 0 Å². The molecule has 4 rings (SSSR count). The monoisotopic (exact) mass is 305 g/mol. The molecular weight excluding hydrogens is 282 g/mol. The Labute approximate surface area is 137 Å². The van der Waals surface area contributed by atoms with E-state index in [0.717, 1.165) is 30.7 Å². The molecule has 0 bridgehead atoms. The molecule has 0 saturated heterocycles. The van der Waals surface area contributed by atoms with E-state index in [1.54, 1.807) is 0 Å². The molecule has 0 amide bonds. The van der Waals surface area contributed by atoms with Crippen LogP contribution in [0, 0.1) is 0 Å². The Morgan fingerprint density at radius 1 is 1.09 bits per heavy atom. The molecule has 0 radical (unpaired) electrons. The average molecular weight is 305 g/mol. The number of aryl methyl sites for hydroxylation is 1. The first-order chi connectivity index (χ1) is 11.2. The second-order valence-corrected chi connectivity index (χ2v) is 6.97. The normalized spacial score (nSPS) is 16.2. The molecule has 1 saturated carbocycles. The second-order valence-electron chi connectivity index (χ2n) is 6.97. The number of fused-ring (bicyclic) bond motifs is 1. The predicted octanol–water partition coefficient (Wildman–Crippen LogP) is 4.50. The van der Waals surface area contributed by atoms with Crippen LogP contribution >= 0.6 is 0 Å². The zero-order chi connectivity index (χ0) is 16.0. The van der Waals surface area contributed by atoms with Crippen LogP contribution in [0.15, 0.2) is 42.6 Å². The summed E-state index contributed by atoms with van der Waals surface area (Å²) in [5.41, 5.74) is 5.09. The molecule has 0 unspecified atom stereocenters. The zero-order valence-electron chi connectivity index (χ0n) is 14.1. The maximum atomic E-state index is 4.60. The first-order valence-corrected chi connectivity index (χ1v) is 8.59. The van der Waals surface area contributed by atoms with Gasteiger partial charge in [0.25, 0.3) is 0 Å². The van der Waals surface area contributed by atoms with Gasteiger partial charge in [0, 0.05) is 6.20 Å². The Bertz CT molecular complexity index is 839. The molecule has 118 valence electrons. The van der Waals surface area contributed by atoms with Crippen LogP contribution in [-0.2, 0) is 11.8 Å². The molecule has 1 aromatic carbocycles. The standard InChI is InChI=1S/C20H23N3/c1-4-15-7-9-16(10-8-15)20(11-12-20)19-22-21-18-17(14(2)3)6-5-13-23(18)19/h5-10,13-14H,4,11-12H2,1-3H3. The van der Waals surface area contributed by atoms with Gasteiger partial charge >= 0.3 is 0 Å². The van der Waals surface area contributed by atoms with Crippen molar-refractivity contribution in [2.24, 2.45) is 0 Å². The first kappa shape index (κ1) is 14.4. The average Bonchev–Trinajstić information content (AvgIpc) is 3.27. The van der Waals surface area contributed by atoms with Crippen molar-refractivity contribution in [1.82, 2.24) is 14.6 Å². The van der Waals surface area contributed by atoms with Crippen LogP contribution in [-0.4, -0.2) is 14.6 Å². The summed E-state index contributed by atoms with van der Waals surface area (Å²) in [5.74, 6) is 1.55. The van der Waals surface area contributed by atoms with E-state index in [1.165, 1.54) is 16.7 Å². The third kappa shape index (κ3) is 2.18. The topological polar surface area (TPSA) is 30.2 Å². The van der Waals surface area contributed by atoms with Crippen LogP contribution in [0.3, 0.4) is 0 Å². The minimum Gasteiger partial charge on any atom is -0.285 e. The SMILES string of the molecule is CCc1ccc(C2(c3nnc4c(C(C)C)cccn34)CC2)cc1. The molecule has 1 fully saturated rings. The Morgan fingerprint density at radius 2 is 1.83 bits per heavy atom. The van der Waals surface area contributed by atoms with E-state index in [0.29, 0.717) is 5.92 Å². The van der Waals surface area contributed by atoms with Gasteiger partial charge in [-0.3, -0.25) is 4.40 Å². The minimum absolute atomic E-state index is 0.0568. The first-order valence-electron chi connectivity index (χ1n) is 8.59. The summed E-state index contributed by atoms with van der Waals surface area (Å²) in [6.07, 6.45) is 5.51. The van der Waals surface area contributed by atoms with Gasteiger partial charge in [-0.1, -0.05) is 51.1 Å². The Kier molecular flexibility index (Phi) is 3.26. The summed E-state index contributed by atoms with van der Waals surface area (Å²) in [4.78, 5) is 0. The number of rotatable bonds is 4. The summed E-state index contributed by atoms with van der Waals surface area (Å²) in [7, 11) is 0. The van der Waals surface area contributed by atoms with Crippen LogP contribution in [0.1, 0.15) is 62.0 Å². The minimum atomic E-state index is 0.0568. The van der Waals surface area contributed by atoms with E-state index in [9.17, 15) is 0 Å². The summed E-state index contributed by atoms with van der Waals surface area (Å²) < 4.78 is 2.20. The van der Waals surface area contributed by atoms with Crippen molar-refractivity contribution in [3.63, 3.8) is 0 Å². The summed E-state index contributed by atoms with van der Waals surface area (Å²) in [6, 6.07) is 13.3. The number of aromatic nitrogens is 3. The fourth-order valence-corrected chi connectivity index (χ4v) is 3.54. The summed E-state index contributed by atoms with van der Waals surface area (Å²) in [6.45, 7) is 6.61. The molecule has 0 aliphatic heterocycles. The predicted molar refractivity (Wildman–Crippen MR) is 92.9 cm³/mol. The molecule has 0 atom stereocenters. The van der Waals surface area contributed by atoms with E-state index in [4.69, 9.17) is 0 Å². The highest BCUT2D eigenvalue weighted by Crippen LogP contribution is 2.52. The van der Waals surface area contributed by atoms with E-state index < -0.39 is 0 Å². The van der Waals surface area contributed by atoms with Gasteiger partial charge < -0.3 is 0 Å². The summed E-state index contributed by atoms with van der Waals surface area (Å²) in [5, 5.41) is 9.12. The van der Waals surface area contributed by atoms with Crippen LogP contribution in [0.4, 0.5) is 0 Å². The Balaban J connectivity index is 1.83. The molecule has 2 aromatic heterocycles. The summed E-state index contributed by atoms with van der Waals surface area (Å²) >= 11 is 0. The maximum absolute atomic E-state index is 4.60. The molecule has 0 N–H and O–H groups in total. The molecule has 23 heavy (non-hydrogen) atoms. The van der Waals surface area contributed by atoms with Gasteiger partial charge in [-0.15, -0.1) is 10.2 Å². The van der Waals surface area contributed by atoms with Crippen molar-refractivity contribution in [1.29, 1.82) is 0 Å². The lowest BCUT2D eigenvalue weighted by atomic mass is 9.93. The Hall–Kier alpha value is -2.16. The van der Waals surface area contributed by atoms with Gasteiger partial charge in [0.1, 0.15) is 5.82 Å². The molecule has 0 spiro atoms. The van der Waals surface area contributed by atoms with Crippen LogP contribution in [0.25, 0.3) is 5.65 Å². The highest BCUT2D eigenvalue weighted by Gasteiger charge is 2.49. The number of benzene rings is 1. The van der Waals surface area contributed by atoms with Crippen molar-refractivity contribution >= 4 is 5.65 Å². The number of hydrogen-bond acceptors (Lipinski definition) is 2. The third-order valence-corrected chi connectivity index (χ3v) is 5.18. The number of hydrogen-bond donors (Lipinski definition) is 0. The van der Waals surface area contributed by atoms with Gasteiger partial charge in [-0.25, -0.2) is 0 Å². The number of nitrogens with zero attached hydrogens (tertiary/aromatic N) is 3. The lowest BCUT2D eigenvalue weighted by Crippen LogP contribution is -2.13. The second kappa shape index (κ2) is 5.19. The van der Waals surface area contributed by atoms with E-state index in [1.807, 2.05) is 0 Å². The van der Waals surface area contributed by atoms with E-state index >= 15 is 0 Å². The van der Waals surface area contributed by atoms with Crippen LogP contribution in [0.5, 0.6) is 0 Å². The van der Waals surface area contributed by atoms with Gasteiger partial charge in [0.2, 0.25) is 0 Å². The maximum Gasteiger partial charge on any atom is 0.164 e. The molecule has 1 aliphatic carbocycles. The zero-order valence-corrected chi connectivity index (χ0v) is 14.1.